The predicted molar refractivity (Wildman–Crippen MR) is 142 cm³/mol. The summed E-state index contributed by atoms with van der Waals surface area (Å²) in [5, 5.41) is 16.4. The molecule has 3 aromatic rings. The molecule has 1 fully saturated rings. The fourth-order valence-electron chi connectivity index (χ4n) is 4.81. The molecule has 1 saturated carbocycles. The minimum absolute atomic E-state index is 0.270. The Morgan fingerprint density at radius 2 is 1.86 bits per heavy atom. The van der Waals surface area contributed by atoms with Crippen molar-refractivity contribution in [2.24, 2.45) is 5.92 Å². The molecule has 0 aliphatic heterocycles. The van der Waals surface area contributed by atoms with E-state index in [4.69, 9.17) is 27.9 Å². The van der Waals surface area contributed by atoms with Crippen LogP contribution in [0.4, 0.5) is 5.82 Å². The standard InChI is InChI=1S/C26H32Cl2N6O2/c1-16-19(25(28)33-32-24(16)27)10-7-13-29-22-12-11-20(23(31-22)26(35)36-3)21-14-30-34(17(21)2)15-18-8-5-4-6-9-18/h11-12,14,18H,4-10,13,15H2,1-3H3,(H,29,31). The van der Waals surface area contributed by atoms with Crippen molar-refractivity contribution in [1.82, 2.24) is 25.0 Å². The largest absolute Gasteiger partial charge is 0.464 e. The van der Waals surface area contributed by atoms with E-state index in [1.807, 2.05) is 32.2 Å². The van der Waals surface area contributed by atoms with Crippen molar-refractivity contribution in [3.05, 3.63) is 51.2 Å². The molecule has 8 nitrogen and oxygen atoms in total. The SMILES string of the molecule is COC(=O)c1nc(NCCCc2c(Cl)nnc(Cl)c2C)ccc1-c1cnn(CC2CCCCC2)c1C. The van der Waals surface area contributed by atoms with E-state index < -0.39 is 5.97 Å². The third-order valence-corrected chi connectivity index (χ3v) is 7.63. The molecule has 0 bridgehead atoms. The average Bonchev–Trinajstić information content (AvgIpc) is 3.25. The van der Waals surface area contributed by atoms with Gasteiger partial charge in [-0.1, -0.05) is 42.5 Å². The summed E-state index contributed by atoms with van der Waals surface area (Å²) < 4.78 is 7.11. The summed E-state index contributed by atoms with van der Waals surface area (Å²) in [5.74, 6) is 0.778. The Labute approximate surface area is 221 Å². The van der Waals surface area contributed by atoms with Crippen LogP contribution in [0.25, 0.3) is 11.1 Å². The highest BCUT2D eigenvalue weighted by Gasteiger charge is 2.21. The average molecular weight is 531 g/mol. The fourth-order valence-corrected chi connectivity index (χ4v) is 5.24. The highest BCUT2D eigenvalue weighted by Crippen LogP contribution is 2.30. The number of nitrogens with zero attached hydrogens (tertiary/aromatic N) is 5. The molecule has 10 heteroatoms. The zero-order valence-electron chi connectivity index (χ0n) is 21.0. The van der Waals surface area contributed by atoms with Crippen molar-refractivity contribution in [3.8, 4) is 11.1 Å². The van der Waals surface area contributed by atoms with Gasteiger partial charge in [-0.2, -0.15) is 5.10 Å². The Hall–Kier alpha value is -2.71. The van der Waals surface area contributed by atoms with Crippen LogP contribution >= 0.6 is 23.2 Å². The lowest BCUT2D eigenvalue weighted by Crippen LogP contribution is -2.16. The summed E-state index contributed by atoms with van der Waals surface area (Å²) in [6.07, 6.45) is 9.71. The number of aromatic nitrogens is 5. The number of carbonyl (C=O) groups is 1. The Kier molecular flexibility index (Phi) is 8.80. The van der Waals surface area contributed by atoms with Crippen LogP contribution in [0.15, 0.2) is 18.3 Å². The number of nitrogens with one attached hydrogen (secondary N) is 1. The van der Waals surface area contributed by atoms with Crippen molar-refractivity contribution in [3.63, 3.8) is 0 Å². The number of ether oxygens (including phenoxy) is 1. The van der Waals surface area contributed by atoms with Gasteiger partial charge >= 0.3 is 5.97 Å². The smallest absolute Gasteiger partial charge is 0.357 e. The number of esters is 1. The first-order valence-electron chi connectivity index (χ1n) is 12.4. The number of carbonyl (C=O) groups excluding carboxylic acids is 1. The highest BCUT2D eigenvalue weighted by atomic mass is 35.5. The van der Waals surface area contributed by atoms with Gasteiger partial charge in [0.05, 0.1) is 13.3 Å². The fraction of sp³-hybridized carbons (Fsp3) is 0.500. The van der Waals surface area contributed by atoms with Crippen LogP contribution in [-0.4, -0.2) is 44.6 Å². The van der Waals surface area contributed by atoms with Gasteiger partial charge in [0.15, 0.2) is 16.0 Å². The van der Waals surface area contributed by atoms with Gasteiger partial charge in [0.1, 0.15) is 5.82 Å². The Morgan fingerprint density at radius 3 is 2.61 bits per heavy atom. The molecule has 0 saturated heterocycles. The van der Waals surface area contributed by atoms with Crippen molar-refractivity contribution in [2.75, 3.05) is 19.0 Å². The summed E-state index contributed by atoms with van der Waals surface area (Å²) >= 11 is 12.3. The molecule has 0 aromatic carbocycles. The lowest BCUT2D eigenvalue weighted by molar-refractivity contribution is 0.0595. The van der Waals surface area contributed by atoms with E-state index >= 15 is 0 Å². The maximum Gasteiger partial charge on any atom is 0.357 e. The number of anilines is 1. The van der Waals surface area contributed by atoms with Crippen LogP contribution in [0.3, 0.4) is 0 Å². The van der Waals surface area contributed by atoms with Gasteiger partial charge in [0.2, 0.25) is 0 Å². The van der Waals surface area contributed by atoms with E-state index in [-0.39, 0.29) is 5.69 Å². The zero-order chi connectivity index (χ0) is 25.7. The van der Waals surface area contributed by atoms with E-state index in [9.17, 15) is 4.79 Å². The van der Waals surface area contributed by atoms with E-state index in [1.54, 1.807) is 0 Å². The Balaban J connectivity index is 1.47. The summed E-state index contributed by atoms with van der Waals surface area (Å²) in [6, 6.07) is 3.78. The molecule has 1 aliphatic carbocycles. The second kappa shape index (κ2) is 12.0. The third kappa shape index (κ3) is 5.98. The van der Waals surface area contributed by atoms with Crippen LogP contribution in [0, 0.1) is 19.8 Å². The van der Waals surface area contributed by atoms with Gasteiger partial charge in [-0.15, -0.1) is 10.2 Å². The molecule has 3 heterocycles. The molecular formula is C26H32Cl2N6O2. The summed E-state index contributed by atoms with van der Waals surface area (Å²) in [7, 11) is 1.37. The van der Waals surface area contributed by atoms with E-state index in [1.165, 1.54) is 39.2 Å². The van der Waals surface area contributed by atoms with E-state index in [0.717, 1.165) is 40.9 Å². The maximum atomic E-state index is 12.6. The van der Waals surface area contributed by atoms with Crippen LogP contribution in [0.5, 0.6) is 0 Å². The molecule has 3 aromatic heterocycles. The molecule has 0 spiro atoms. The quantitative estimate of drug-likeness (QED) is 0.265. The maximum absolute atomic E-state index is 12.6. The lowest BCUT2D eigenvalue weighted by Gasteiger charge is -2.22. The van der Waals surface area contributed by atoms with Gasteiger partial charge in [-0.05, 0) is 68.7 Å². The topological polar surface area (TPSA) is 94.8 Å². The minimum Gasteiger partial charge on any atom is -0.464 e. The normalized spacial score (nSPS) is 14.1. The summed E-state index contributed by atoms with van der Waals surface area (Å²) in [6.45, 7) is 5.47. The van der Waals surface area contributed by atoms with Crippen molar-refractivity contribution in [2.45, 2.75) is 65.3 Å². The number of hydrogen-bond donors (Lipinski definition) is 1. The monoisotopic (exact) mass is 530 g/mol. The first-order chi connectivity index (χ1) is 17.4. The van der Waals surface area contributed by atoms with E-state index in [2.05, 4.69) is 30.3 Å². The van der Waals surface area contributed by atoms with Gasteiger partial charge < -0.3 is 10.1 Å². The minimum atomic E-state index is -0.479. The Bertz CT molecular complexity index is 1220. The predicted octanol–water partition coefficient (Wildman–Crippen LogP) is 6.07. The summed E-state index contributed by atoms with van der Waals surface area (Å²) in [5.41, 5.74) is 4.65. The van der Waals surface area contributed by atoms with Crippen molar-refractivity contribution in [1.29, 1.82) is 0 Å². The molecule has 36 heavy (non-hydrogen) atoms. The molecular weight excluding hydrogens is 499 g/mol. The van der Waals surface area contributed by atoms with Crippen LogP contribution in [0.1, 0.15) is 65.8 Å². The molecule has 1 aliphatic rings. The molecule has 0 atom stereocenters. The van der Waals surface area contributed by atoms with Crippen molar-refractivity contribution >= 4 is 35.0 Å². The lowest BCUT2D eigenvalue weighted by atomic mass is 9.89. The molecule has 192 valence electrons. The second-order valence-corrected chi connectivity index (χ2v) is 10.0. The van der Waals surface area contributed by atoms with Crippen LogP contribution in [-0.2, 0) is 17.7 Å². The number of pyridine rings is 1. The number of methoxy groups -OCH3 is 1. The van der Waals surface area contributed by atoms with Crippen LogP contribution < -0.4 is 5.32 Å². The van der Waals surface area contributed by atoms with E-state index in [0.29, 0.717) is 35.0 Å². The first kappa shape index (κ1) is 26.4. The molecule has 4 rings (SSSR count). The summed E-state index contributed by atoms with van der Waals surface area (Å²) in [4.78, 5) is 17.2. The highest BCUT2D eigenvalue weighted by molar-refractivity contribution is 6.32. The molecule has 0 amide bonds. The third-order valence-electron chi connectivity index (χ3n) is 6.97. The van der Waals surface area contributed by atoms with Gasteiger partial charge in [-0.3, -0.25) is 4.68 Å². The number of halogens is 2. The van der Waals surface area contributed by atoms with Gasteiger partial charge in [-0.25, -0.2) is 9.78 Å². The molecule has 0 radical (unpaired) electrons. The number of rotatable bonds is 9. The van der Waals surface area contributed by atoms with Gasteiger partial charge in [0.25, 0.3) is 0 Å². The van der Waals surface area contributed by atoms with Crippen molar-refractivity contribution < 1.29 is 9.53 Å². The number of hydrogen-bond acceptors (Lipinski definition) is 7. The van der Waals surface area contributed by atoms with Gasteiger partial charge in [0, 0.05) is 29.9 Å². The molecule has 1 N–H and O–H groups in total. The Morgan fingerprint density at radius 1 is 1.11 bits per heavy atom. The molecule has 0 unspecified atom stereocenters. The zero-order valence-corrected chi connectivity index (χ0v) is 22.5. The first-order valence-corrected chi connectivity index (χ1v) is 13.2. The second-order valence-electron chi connectivity index (χ2n) is 9.33. The van der Waals surface area contributed by atoms with Crippen LogP contribution in [0.2, 0.25) is 10.3 Å².